The minimum Gasteiger partial charge on any atom is -0.326 e. The predicted molar refractivity (Wildman–Crippen MR) is 77.4 cm³/mol. The Hall–Kier alpha value is -1.27. The van der Waals surface area contributed by atoms with Gasteiger partial charge in [0.15, 0.2) is 0 Å². The van der Waals surface area contributed by atoms with Crippen LogP contribution in [0.3, 0.4) is 0 Å². The molecule has 2 N–H and O–H groups in total. The number of halogens is 4. The first-order chi connectivity index (χ1) is 9.70. The standard InChI is InChI=1S/C14H18ClF3N2O/c1-9(2)8-19-6-5-13(21)20-10-3-4-12(15)11(7-10)14(16,17)18/h3-4,7,9,19H,5-6,8H2,1-2H3,(H,20,21). The monoisotopic (exact) mass is 322 g/mol. The Bertz CT molecular complexity index is 490. The van der Waals surface area contributed by atoms with E-state index in [9.17, 15) is 18.0 Å². The second-order valence-electron chi connectivity index (χ2n) is 5.09. The van der Waals surface area contributed by atoms with Gasteiger partial charge in [0.1, 0.15) is 0 Å². The highest BCUT2D eigenvalue weighted by Gasteiger charge is 2.33. The minimum atomic E-state index is -4.54. The first kappa shape index (κ1) is 17.8. The molecule has 1 aromatic rings. The third-order valence-corrected chi connectivity index (χ3v) is 2.97. The van der Waals surface area contributed by atoms with Gasteiger partial charge in [-0.25, -0.2) is 0 Å². The van der Waals surface area contributed by atoms with Crippen LogP contribution in [0.15, 0.2) is 18.2 Å². The number of alkyl halides is 3. The molecule has 0 atom stereocenters. The number of carbonyl (C=O) groups excluding carboxylic acids is 1. The van der Waals surface area contributed by atoms with Crippen LogP contribution in [0.25, 0.3) is 0 Å². The Morgan fingerprint density at radius 2 is 2.00 bits per heavy atom. The molecule has 3 nitrogen and oxygen atoms in total. The second-order valence-corrected chi connectivity index (χ2v) is 5.50. The number of carbonyl (C=O) groups is 1. The summed E-state index contributed by atoms with van der Waals surface area (Å²) in [7, 11) is 0. The average molecular weight is 323 g/mol. The van der Waals surface area contributed by atoms with E-state index in [1.54, 1.807) is 0 Å². The van der Waals surface area contributed by atoms with E-state index in [1.165, 1.54) is 6.07 Å². The maximum atomic E-state index is 12.7. The summed E-state index contributed by atoms with van der Waals surface area (Å²) < 4.78 is 38.0. The van der Waals surface area contributed by atoms with Gasteiger partial charge in [0, 0.05) is 18.7 Å². The van der Waals surface area contributed by atoms with E-state index in [4.69, 9.17) is 11.6 Å². The molecule has 7 heteroatoms. The maximum absolute atomic E-state index is 12.7. The lowest BCUT2D eigenvalue weighted by Crippen LogP contribution is -2.25. The van der Waals surface area contributed by atoms with E-state index in [1.807, 2.05) is 13.8 Å². The fraction of sp³-hybridized carbons (Fsp3) is 0.500. The molecule has 0 aromatic heterocycles. The normalized spacial score (nSPS) is 11.8. The first-order valence-electron chi connectivity index (χ1n) is 6.57. The number of hydrogen-bond acceptors (Lipinski definition) is 2. The van der Waals surface area contributed by atoms with Crippen molar-refractivity contribution in [3.05, 3.63) is 28.8 Å². The van der Waals surface area contributed by atoms with E-state index in [-0.39, 0.29) is 23.0 Å². The van der Waals surface area contributed by atoms with Crippen LogP contribution >= 0.6 is 11.6 Å². The van der Waals surface area contributed by atoms with E-state index in [0.717, 1.165) is 18.7 Å². The van der Waals surface area contributed by atoms with Gasteiger partial charge < -0.3 is 10.6 Å². The van der Waals surface area contributed by atoms with Gasteiger partial charge in [-0.2, -0.15) is 13.2 Å². The Labute approximate surface area is 126 Å². The lowest BCUT2D eigenvalue weighted by atomic mass is 10.2. The van der Waals surface area contributed by atoms with E-state index >= 15 is 0 Å². The van der Waals surface area contributed by atoms with Crippen molar-refractivity contribution in [1.29, 1.82) is 0 Å². The van der Waals surface area contributed by atoms with Gasteiger partial charge in [0.2, 0.25) is 5.91 Å². The number of anilines is 1. The van der Waals surface area contributed by atoms with Gasteiger partial charge in [0.05, 0.1) is 10.6 Å². The third kappa shape index (κ3) is 6.35. The Kier molecular flexibility index (Phi) is 6.48. The van der Waals surface area contributed by atoms with E-state index in [0.29, 0.717) is 12.5 Å². The molecule has 0 bridgehead atoms. The summed E-state index contributed by atoms with van der Waals surface area (Å²) in [4.78, 5) is 11.6. The molecule has 0 aliphatic carbocycles. The summed E-state index contributed by atoms with van der Waals surface area (Å²) in [6.07, 6.45) is -4.35. The van der Waals surface area contributed by atoms with Gasteiger partial charge >= 0.3 is 6.18 Å². The number of hydrogen-bond donors (Lipinski definition) is 2. The molecule has 1 aromatic carbocycles. The SMILES string of the molecule is CC(C)CNCCC(=O)Nc1ccc(Cl)c(C(F)(F)F)c1. The van der Waals surface area contributed by atoms with Crippen molar-refractivity contribution in [1.82, 2.24) is 5.32 Å². The molecule has 1 amide bonds. The predicted octanol–water partition coefficient (Wildman–Crippen LogP) is 3.93. The van der Waals surface area contributed by atoms with E-state index in [2.05, 4.69) is 10.6 Å². The molecule has 0 saturated heterocycles. The van der Waals surface area contributed by atoms with Crippen molar-refractivity contribution in [3.8, 4) is 0 Å². The molecule has 0 saturated carbocycles. The summed E-state index contributed by atoms with van der Waals surface area (Å²) in [5.74, 6) is 0.125. The van der Waals surface area contributed by atoms with Gasteiger partial charge in [-0.3, -0.25) is 4.79 Å². The summed E-state index contributed by atoms with van der Waals surface area (Å²) in [5, 5.41) is 5.13. The highest BCUT2D eigenvalue weighted by atomic mass is 35.5. The number of nitrogens with one attached hydrogen (secondary N) is 2. The molecule has 0 unspecified atom stereocenters. The Morgan fingerprint density at radius 3 is 2.57 bits per heavy atom. The number of rotatable bonds is 6. The van der Waals surface area contributed by atoms with Gasteiger partial charge in [-0.05, 0) is 30.7 Å². The van der Waals surface area contributed by atoms with Gasteiger partial charge in [-0.1, -0.05) is 25.4 Å². The molecule has 0 spiro atoms. The summed E-state index contributed by atoms with van der Waals surface area (Å²) >= 11 is 5.51. The zero-order chi connectivity index (χ0) is 16.0. The van der Waals surface area contributed by atoms with Crippen LogP contribution in [-0.4, -0.2) is 19.0 Å². The Balaban J connectivity index is 2.57. The van der Waals surface area contributed by atoms with Crippen LogP contribution in [0.1, 0.15) is 25.8 Å². The van der Waals surface area contributed by atoms with Crippen LogP contribution in [0.5, 0.6) is 0 Å². The van der Waals surface area contributed by atoms with Crippen LogP contribution in [0, 0.1) is 5.92 Å². The topological polar surface area (TPSA) is 41.1 Å². The molecule has 1 rings (SSSR count). The summed E-state index contributed by atoms with van der Waals surface area (Å²) in [6.45, 7) is 5.34. The molecule has 0 aliphatic rings. The fourth-order valence-corrected chi connectivity index (χ4v) is 1.86. The molecule has 0 radical (unpaired) electrons. The molecule has 0 aliphatic heterocycles. The van der Waals surface area contributed by atoms with Crippen molar-refractivity contribution in [3.63, 3.8) is 0 Å². The Morgan fingerprint density at radius 1 is 1.33 bits per heavy atom. The van der Waals surface area contributed by atoms with Crippen molar-refractivity contribution in [2.24, 2.45) is 5.92 Å². The van der Waals surface area contributed by atoms with Gasteiger partial charge in [-0.15, -0.1) is 0 Å². The smallest absolute Gasteiger partial charge is 0.326 e. The lowest BCUT2D eigenvalue weighted by Gasteiger charge is -2.12. The molecular formula is C14H18ClF3N2O. The maximum Gasteiger partial charge on any atom is 0.417 e. The zero-order valence-electron chi connectivity index (χ0n) is 11.9. The molecule has 0 heterocycles. The summed E-state index contributed by atoms with van der Waals surface area (Å²) in [5.41, 5.74) is -0.875. The van der Waals surface area contributed by atoms with Crippen LogP contribution in [-0.2, 0) is 11.0 Å². The van der Waals surface area contributed by atoms with Crippen LogP contribution < -0.4 is 10.6 Å². The van der Waals surface area contributed by atoms with Crippen molar-refractivity contribution < 1.29 is 18.0 Å². The van der Waals surface area contributed by atoms with E-state index < -0.39 is 11.7 Å². The van der Waals surface area contributed by atoms with Crippen molar-refractivity contribution in [2.45, 2.75) is 26.4 Å². The van der Waals surface area contributed by atoms with Crippen molar-refractivity contribution in [2.75, 3.05) is 18.4 Å². The first-order valence-corrected chi connectivity index (χ1v) is 6.95. The average Bonchev–Trinajstić information content (AvgIpc) is 2.35. The molecular weight excluding hydrogens is 305 g/mol. The third-order valence-electron chi connectivity index (χ3n) is 2.64. The highest BCUT2D eigenvalue weighted by molar-refractivity contribution is 6.31. The lowest BCUT2D eigenvalue weighted by molar-refractivity contribution is -0.137. The largest absolute Gasteiger partial charge is 0.417 e. The summed E-state index contributed by atoms with van der Waals surface area (Å²) in [6, 6.07) is 3.30. The van der Waals surface area contributed by atoms with Crippen LogP contribution in [0.4, 0.5) is 18.9 Å². The minimum absolute atomic E-state index is 0.0839. The van der Waals surface area contributed by atoms with Crippen LogP contribution in [0.2, 0.25) is 5.02 Å². The number of benzene rings is 1. The molecule has 118 valence electrons. The zero-order valence-corrected chi connectivity index (χ0v) is 12.6. The fourth-order valence-electron chi connectivity index (χ4n) is 1.64. The highest BCUT2D eigenvalue weighted by Crippen LogP contribution is 2.36. The quantitative estimate of drug-likeness (QED) is 0.779. The second kappa shape index (κ2) is 7.66. The molecule has 21 heavy (non-hydrogen) atoms. The van der Waals surface area contributed by atoms with Crippen molar-refractivity contribution >= 4 is 23.2 Å². The molecule has 0 fully saturated rings. The van der Waals surface area contributed by atoms with Gasteiger partial charge in [0.25, 0.3) is 0 Å². The number of amides is 1.